The first kappa shape index (κ1) is 8.97. The van der Waals surface area contributed by atoms with Crippen molar-refractivity contribution in [2.24, 2.45) is 0 Å². The Labute approximate surface area is 83.5 Å². The molecule has 0 aromatic carbocycles. The first-order chi connectivity index (χ1) is 6.15. The van der Waals surface area contributed by atoms with E-state index in [4.69, 9.17) is 11.6 Å². The molecule has 13 heavy (non-hydrogen) atoms. The summed E-state index contributed by atoms with van der Waals surface area (Å²) in [6.45, 7) is 0. The molecule has 1 aromatic rings. The zero-order valence-electron chi connectivity index (χ0n) is 7.84. The molecule has 3 heteroatoms. The number of pyridine rings is 1. The molecule has 1 aliphatic rings. The third-order valence-electron chi connectivity index (χ3n) is 2.72. The summed E-state index contributed by atoms with van der Waals surface area (Å²) in [4.78, 5) is 6.51. The molecule has 0 spiro atoms. The number of hydrogen-bond donors (Lipinski definition) is 0. The molecule has 0 aliphatic heterocycles. The molecule has 1 aliphatic carbocycles. The van der Waals surface area contributed by atoms with Gasteiger partial charge in [0, 0.05) is 6.07 Å². The topological polar surface area (TPSA) is 16.1 Å². The van der Waals surface area contributed by atoms with Gasteiger partial charge in [0.15, 0.2) is 0 Å². The SMILES string of the molecule is CN(C)C1(c2cc[c]c(Cl)n2)CC1. The van der Waals surface area contributed by atoms with Crippen molar-refractivity contribution in [1.82, 2.24) is 9.88 Å². The molecule has 0 saturated heterocycles. The van der Waals surface area contributed by atoms with Gasteiger partial charge in [-0.2, -0.15) is 0 Å². The van der Waals surface area contributed by atoms with Gasteiger partial charge in [-0.3, -0.25) is 4.90 Å². The average Bonchev–Trinajstić information content (AvgIpc) is 2.83. The summed E-state index contributed by atoms with van der Waals surface area (Å²) in [7, 11) is 4.17. The molecule has 1 aromatic heterocycles. The fourth-order valence-electron chi connectivity index (χ4n) is 1.67. The maximum Gasteiger partial charge on any atom is 0.137 e. The van der Waals surface area contributed by atoms with E-state index < -0.39 is 0 Å². The molecule has 1 heterocycles. The largest absolute Gasteiger partial charge is 0.298 e. The minimum atomic E-state index is 0.152. The van der Waals surface area contributed by atoms with E-state index in [0.717, 1.165) is 5.69 Å². The van der Waals surface area contributed by atoms with E-state index in [0.29, 0.717) is 5.15 Å². The van der Waals surface area contributed by atoms with Crippen LogP contribution in [0.4, 0.5) is 0 Å². The highest BCUT2D eigenvalue weighted by atomic mass is 35.5. The predicted octanol–water partition coefficient (Wildman–Crippen LogP) is 2.09. The Morgan fingerprint density at radius 1 is 1.54 bits per heavy atom. The van der Waals surface area contributed by atoms with E-state index in [1.54, 1.807) is 0 Å². The molecule has 2 rings (SSSR count). The van der Waals surface area contributed by atoms with Crippen molar-refractivity contribution in [2.45, 2.75) is 18.4 Å². The predicted molar refractivity (Wildman–Crippen MR) is 52.7 cm³/mol. The maximum atomic E-state index is 5.80. The molecule has 69 valence electrons. The van der Waals surface area contributed by atoms with Crippen molar-refractivity contribution in [3.05, 3.63) is 29.0 Å². The van der Waals surface area contributed by atoms with Crippen LogP contribution >= 0.6 is 11.6 Å². The Hall–Kier alpha value is -0.600. The zero-order chi connectivity index (χ0) is 9.47. The van der Waals surface area contributed by atoms with Crippen LogP contribution in [0, 0.1) is 6.07 Å². The van der Waals surface area contributed by atoms with Crippen molar-refractivity contribution in [3.8, 4) is 0 Å². The standard InChI is InChI=1S/C10H12ClN2/c1-13(2)10(6-7-10)8-4-3-5-9(11)12-8/h3-4H,6-7H2,1-2H3. The van der Waals surface area contributed by atoms with Crippen molar-refractivity contribution in [2.75, 3.05) is 14.1 Å². The lowest BCUT2D eigenvalue weighted by molar-refractivity contribution is 0.269. The molecule has 2 nitrogen and oxygen atoms in total. The van der Waals surface area contributed by atoms with Crippen LogP contribution in [0.15, 0.2) is 12.1 Å². The van der Waals surface area contributed by atoms with Gasteiger partial charge in [0.25, 0.3) is 0 Å². The van der Waals surface area contributed by atoms with E-state index in [9.17, 15) is 0 Å². The van der Waals surface area contributed by atoms with Gasteiger partial charge in [0.1, 0.15) is 5.15 Å². The number of hydrogen-bond acceptors (Lipinski definition) is 2. The van der Waals surface area contributed by atoms with Crippen molar-refractivity contribution in [3.63, 3.8) is 0 Å². The zero-order valence-corrected chi connectivity index (χ0v) is 8.60. The van der Waals surface area contributed by atoms with Crippen LogP contribution in [0.2, 0.25) is 5.15 Å². The fourth-order valence-corrected chi connectivity index (χ4v) is 1.83. The summed E-state index contributed by atoms with van der Waals surface area (Å²) in [5, 5.41) is 0.464. The van der Waals surface area contributed by atoms with Gasteiger partial charge in [0.2, 0.25) is 0 Å². The Morgan fingerprint density at radius 3 is 2.69 bits per heavy atom. The molecule has 1 saturated carbocycles. The molecule has 0 unspecified atom stereocenters. The van der Waals surface area contributed by atoms with Crippen LogP contribution in [0.1, 0.15) is 18.5 Å². The van der Waals surface area contributed by atoms with Gasteiger partial charge in [0.05, 0.1) is 11.2 Å². The first-order valence-corrected chi connectivity index (χ1v) is 4.75. The highest BCUT2D eigenvalue weighted by Crippen LogP contribution is 2.48. The van der Waals surface area contributed by atoms with Gasteiger partial charge in [-0.25, -0.2) is 4.98 Å². The van der Waals surface area contributed by atoms with Crippen LogP contribution in [-0.4, -0.2) is 24.0 Å². The van der Waals surface area contributed by atoms with Crippen LogP contribution in [0.25, 0.3) is 0 Å². The van der Waals surface area contributed by atoms with Gasteiger partial charge < -0.3 is 0 Å². The molecule has 1 radical (unpaired) electrons. The molecule has 0 amide bonds. The van der Waals surface area contributed by atoms with E-state index in [-0.39, 0.29) is 5.54 Å². The van der Waals surface area contributed by atoms with Crippen molar-refractivity contribution >= 4 is 11.6 Å². The second-order valence-corrected chi connectivity index (χ2v) is 4.05. The first-order valence-electron chi connectivity index (χ1n) is 4.37. The molecular weight excluding hydrogens is 184 g/mol. The van der Waals surface area contributed by atoms with Gasteiger partial charge in [-0.1, -0.05) is 11.6 Å². The second kappa shape index (κ2) is 2.96. The van der Waals surface area contributed by atoms with E-state index >= 15 is 0 Å². The Bertz CT molecular complexity index is 318. The summed E-state index contributed by atoms with van der Waals surface area (Å²) in [6.07, 6.45) is 2.35. The lowest BCUT2D eigenvalue weighted by Crippen LogP contribution is -2.28. The lowest BCUT2D eigenvalue weighted by atomic mass is 10.1. The third-order valence-corrected chi connectivity index (χ3v) is 2.91. The number of halogens is 1. The fraction of sp³-hybridized carbons (Fsp3) is 0.500. The molecule has 0 N–H and O–H groups in total. The average molecular weight is 196 g/mol. The third kappa shape index (κ3) is 1.45. The summed E-state index contributed by atoms with van der Waals surface area (Å²) in [5.74, 6) is 0. The highest BCUT2D eigenvalue weighted by Gasteiger charge is 2.47. The molecule has 1 fully saturated rings. The minimum absolute atomic E-state index is 0.152. The Balaban J connectivity index is 2.35. The van der Waals surface area contributed by atoms with Gasteiger partial charge in [-0.05, 0) is 39.1 Å². The van der Waals surface area contributed by atoms with Crippen LogP contribution < -0.4 is 0 Å². The number of rotatable bonds is 2. The number of nitrogens with zero attached hydrogens (tertiary/aromatic N) is 2. The minimum Gasteiger partial charge on any atom is -0.298 e. The summed E-state index contributed by atoms with van der Waals surface area (Å²) >= 11 is 5.80. The van der Waals surface area contributed by atoms with E-state index in [1.807, 2.05) is 12.1 Å². The van der Waals surface area contributed by atoms with Crippen molar-refractivity contribution in [1.29, 1.82) is 0 Å². The number of aromatic nitrogens is 1. The monoisotopic (exact) mass is 195 g/mol. The summed E-state index contributed by atoms with van der Waals surface area (Å²) < 4.78 is 0. The van der Waals surface area contributed by atoms with E-state index in [2.05, 4.69) is 30.0 Å². The molecular formula is C10H12ClN2. The second-order valence-electron chi connectivity index (χ2n) is 3.69. The van der Waals surface area contributed by atoms with Crippen LogP contribution in [0.3, 0.4) is 0 Å². The van der Waals surface area contributed by atoms with Gasteiger partial charge in [-0.15, -0.1) is 0 Å². The Kier molecular flexibility index (Phi) is 2.05. The van der Waals surface area contributed by atoms with Crippen LogP contribution in [-0.2, 0) is 5.54 Å². The summed E-state index contributed by atoms with van der Waals surface area (Å²) in [5.41, 5.74) is 1.22. The highest BCUT2D eigenvalue weighted by molar-refractivity contribution is 6.29. The van der Waals surface area contributed by atoms with Crippen LogP contribution in [0.5, 0.6) is 0 Å². The smallest absolute Gasteiger partial charge is 0.137 e. The van der Waals surface area contributed by atoms with E-state index in [1.165, 1.54) is 12.8 Å². The normalized spacial score (nSPS) is 19.1. The quantitative estimate of drug-likeness (QED) is 0.672. The van der Waals surface area contributed by atoms with Crippen molar-refractivity contribution < 1.29 is 0 Å². The molecule has 0 atom stereocenters. The van der Waals surface area contributed by atoms with Gasteiger partial charge >= 0.3 is 0 Å². The lowest BCUT2D eigenvalue weighted by Gasteiger charge is -2.22. The summed E-state index contributed by atoms with van der Waals surface area (Å²) in [6, 6.07) is 6.69. The molecule has 0 bridgehead atoms. The maximum absolute atomic E-state index is 5.80. The Morgan fingerprint density at radius 2 is 2.23 bits per heavy atom.